The van der Waals surface area contributed by atoms with Crippen LogP contribution in [-0.2, 0) is 21.0 Å². The molecule has 0 aliphatic carbocycles. The summed E-state index contributed by atoms with van der Waals surface area (Å²) in [5.41, 5.74) is 1.70. The van der Waals surface area contributed by atoms with Crippen molar-refractivity contribution in [2.45, 2.75) is 25.1 Å². The fourth-order valence-electron chi connectivity index (χ4n) is 4.06. The van der Waals surface area contributed by atoms with E-state index in [-0.39, 0.29) is 23.5 Å². The minimum Gasteiger partial charge on any atom is -0.345 e. The second kappa shape index (κ2) is 8.79. The van der Waals surface area contributed by atoms with E-state index in [1.54, 1.807) is 24.3 Å². The first-order valence-corrected chi connectivity index (χ1v) is 12.2. The Bertz CT molecular complexity index is 1260. The van der Waals surface area contributed by atoms with Gasteiger partial charge in [-0.05, 0) is 36.1 Å². The predicted octanol–water partition coefficient (Wildman–Crippen LogP) is 3.46. The standard InChI is InChI=1S/C22H23F3N4O3S/c1-33(31,32)29-11-5-8-16(13-29)20(30)28-19(14-6-3-2-4-7-14)15-9-10-17-18(12-15)27-21(26-17)22(23,24)25/h2-4,6-7,9-10,12,16,19H,5,8,11,13H2,1H3,(H,26,27)(H,28,30). The van der Waals surface area contributed by atoms with Crippen LogP contribution in [0, 0.1) is 5.92 Å². The molecule has 0 spiro atoms. The second-order valence-corrected chi connectivity index (χ2v) is 10.2. The number of aromatic nitrogens is 2. The van der Waals surface area contributed by atoms with E-state index in [4.69, 9.17) is 0 Å². The first kappa shape index (κ1) is 23.2. The molecular formula is C22H23F3N4O3S. The Morgan fingerprint density at radius 3 is 2.58 bits per heavy atom. The van der Waals surface area contributed by atoms with Gasteiger partial charge in [0.05, 0.1) is 29.2 Å². The fourth-order valence-corrected chi connectivity index (χ4v) is 4.97. The number of piperidine rings is 1. The Morgan fingerprint density at radius 1 is 1.18 bits per heavy atom. The highest BCUT2D eigenvalue weighted by atomic mass is 32.2. The van der Waals surface area contributed by atoms with Gasteiger partial charge in [0.2, 0.25) is 21.8 Å². The lowest BCUT2D eigenvalue weighted by Crippen LogP contribution is -2.45. The number of benzene rings is 2. The van der Waals surface area contributed by atoms with E-state index in [0.29, 0.717) is 24.9 Å². The van der Waals surface area contributed by atoms with Gasteiger partial charge in [-0.1, -0.05) is 36.4 Å². The Hall–Kier alpha value is -2.92. The molecule has 0 radical (unpaired) electrons. The van der Waals surface area contributed by atoms with Crippen molar-refractivity contribution in [2.75, 3.05) is 19.3 Å². The summed E-state index contributed by atoms with van der Waals surface area (Å²) in [5, 5.41) is 2.98. The van der Waals surface area contributed by atoms with E-state index >= 15 is 0 Å². The molecule has 0 saturated carbocycles. The molecule has 2 unspecified atom stereocenters. The molecule has 1 fully saturated rings. The molecule has 33 heavy (non-hydrogen) atoms. The molecule has 3 aromatic rings. The Kier molecular flexibility index (Phi) is 6.19. The molecule has 11 heteroatoms. The van der Waals surface area contributed by atoms with Gasteiger partial charge >= 0.3 is 6.18 Å². The van der Waals surface area contributed by atoms with E-state index < -0.39 is 34.0 Å². The molecule has 7 nitrogen and oxygen atoms in total. The molecule has 176 valence electrons. The highest BCUT2D eigenvalue weighted by molar-refractivity contribution is 7.88. The third-order valence-corrected chi connectivity index (χ3v) is 7.02. The quantitative estimate of drug-likeness (QED) is 0.585. The van der Waals surface area contributed by atoms with Crippen LogP contribution in [0.4, 0.5) is 13.2 Å². The van der Waals surface area contributed by atoms with Gasteiger partial charge in [-0.25, -0.2) is 17.7 Å². The summed E-state index contributed by atoms with van der Waals surface area (Å²) in [6, 6.07) is 13.1. The number of H-pyrrole nitrogens is 1. The van der Waals surface area contributed by atoms with Crippen molar-refractivity contribution in [1.29, 1.82) is 0 Å². The van der Waals surface area contributed by atoms with E-state index in [0.717, 1.165) is 11.8 Å². The lowest BCUT2D eigenvalue weighted by Gasteiger charge is -2.31. The molecule has 0 bridgehead atoms. The largest absolute Gasteiger partial charge is 0.449 e. The third kappa shape index (κ3) is 5.19. The molecule has 1 amide bonds. The molecule has 2 aromatic carbocycles. The van der Waals surface area contributed by atoms with E-state index in [1.807, 2.05) is 18.2 Å². The molecule has 1 aromatic heterocycles. The third-order valence-electron chi connectivity index (χ3n) is 5.75. The number of aromatic amines is 1. The maximum Gasteiger partial charge on any atom is 0.449 e. The van der Waals surface area contributed by atoms with Gasteiger partial charge in [0.1, 0.15) is 0 Å². The summed E-state index contributed by atoms with van der Waals surface area (Å²) in [6.07, 6.45) is -2.36. The number of hydrogen-bond donors (Lipinski definition) is 2. The summed E-state index contributed by atoms with van der Waals surface area (Å²) >= 11 is 0. The Morgan fingerprint density at radius 2 is 1.91 bits per heavy atom. The average Bonchev–Trinajstić information content (AvgIpc) is 3.21. The van der Waals surface area contributed by atoms with E-state index in [9.17, 15) is 26.4 Å². The lowest BCUT2D eigenvalue weighted by molar-refractivity contribution is -0.144. The highest BCUT2D eigenvalue weighted by Crippen LogP contribution is 2.31. The fraction of sp³-hybridized carbons (Fsp3) is 0.364. The van der Waals surface area contributed by atoms with Crippen LogP contribution in [0.3, 0.4) is 0 Å². The zero-order chi connectivity index (χ0) is 23.8. The first-order valence-electron chi connectivity index (χ1n) is 10.4. The van der Waals surface area contributed by atoms with Gasteiger partial charge in [-0.15, -0.1) is 0 Å². The molecule has 2 N–H and O–H groups in total. The van der Waals surface area contributed by atoms with E-state index in [1.165, 1.54) is 10.4 Å². The normalized spacial score (nSPS) is 18.8. The van der Waals surface area contributed by atoms with Gasteiger partial charge in [0.25, 0.3) is 0 Å². The van der Waals surface area contributed by atoms with Crippen LogP contribution >= 0.6 is 0 Å². The molecule has 1 aliphatic rings. The first-order chi connectivity index (χ1) is 15.5. The van der Waals surface area contributed by atoms with E-state index in [2.05, 4.69) is 15.3 Å². The predicted molar refractivity (Wildman–Crippen MR) is 117 cm³/mol. The summed E-state index contributed by atoms with van der Waals surface area (Å²) in [6.45, 7) is 0.476. The molecule has 2 atom stereocenters. The number of sulfonamides is 1. The van der Waals surface area contributed by atoms with Gasteiger partial charge in [-0.3, -0.25) is 4.79 Å². The van der Waals surface area contributed by atoms with Crippen LogP contribution in [0.25, 0.3) is 11.0 Å². The van der Waals surface area contributed by atoms with Crippen LogP contribution in [0.15, 0.2) is 48.5 Å². The number of imidazole rings is 1. The Balaban J connectivity index is 1.64. The molecule has 1 saturated heterocycles. The van der Waals surface area contributed by atoms with Crippen molar-refractivity contribution in [3.8, 4) is 0 Å². The monoisotopic (exact) mass is 480 g/mol. The topological polar surface area (TPSA) is 95.2 Å². The molecular weight excluding hydrogens is 457 g/mol. The number of carbonyl (C=O) groups is 1. The van der Waals surface area contributed by atoms with Crippen LogP contribution in [0.2, 0.25) is 0 Å². The van der Waals surface area contributed by atoms with Crippen molar-refractivity contribution in [2.24, 2.45) is 5.92 Å². The number of alkyl halides is 3. The number of fused-ring (bicyclic) bond motifs is 1. The van der Waals surface area contributed by atoms with Gasteiger partial charge in [0, 0.05) is 13.1 Å². The summed E-state index contributed by atoms with van der Waals surface area (Å²) < 4.78 is 64.3. The lowest BCUT2D eigenvalue weighted by atomic mass is 9.95. The number of nitrogens with zero attached hydrogens (tertiary/aromatic N) is 2. The smallest absolute Gasteiger partial charge is 0.345 e. The summed E-state index contributed by atoms with van der Waals surface area (Å²) in [5.74, 6) is -1.91. The summed E-state index contributed by atoms with van der Waals surface area (Å²) in [7, 11) is -3.41. The Labute approximate surface area is 189 Å². The number of halogens is 3. The minimum atomic E-state index is -4.60. The maximum atomic E-state index is 13.1. The van der Waals surface area contributed by atoms with Crippen molar-refractivity contribution in [1.82, 2.24) is 19.6 Å². The van der Waals surface area contributed by atoms with Gasteiger partial charge in [0.15, 0.2) is 0 Å². The zero-order valence-electron chi connectivity index (χ0n) is 17.8. The number of carbonyl (C=O) groups excluding carboxylic acids is 1. The zero-order valence-corrected chi connectivity index (χ0v) is 18.6. The number of nitrogens with one attached hydrogen (secondary N) is 2. The van der Waals surface area contributed by atoms with Crippen LogP contribution < -0.4 is 5.32 Å². The van der Waals surface area contributed by atoms with Crippen LogP contribution in [-0.4, -0.2) is 47.9 Å². The highest BCUT2D eigenvalue weighted by Gasteiger charge is 2.35. The van der Waals surface area contributed by atoms with Crippen LogP contribution in [0.5, 0.6) is 0 Å². The minimum absolute atomic E-state index is 0.0979. The van der Waals surface area contributed by atoms with Crippen molar-refractivity contribution < 1.29 is 26.4 Å². The SMILES string of the molecule is CS(=O)(=O)N1CCCC(C(=O)NC(c2ccccc2)c2ccc3nc(C(F)(F)F)[nH]c3c2)C1. The van der Waals surface area contributed by atoms with Gasteiger partial charge in [-0.2, -0.15) is 13.2 Å². The molecule has 4 rings (SSSR count). The maximum absolute atomic E-state index is 13.1. The average molecular weight is 481 g/mol. The van der Waals surface area contributed by atoms with Gasteiger partial charge < -0.3 is 10.3 Å². The van der Waals surface area contributed by atoms with Crippen molar-refractivity contribution in [3.63, 3.8) is 0 Å². The second-order valence-electron chi connectivity index (χ2n) is 8.17. The van der Waals surface area contributed by atoms with Crippen LogP contribution in [0.1, 0.15) is 35.8 Å². The molecule has 2 heterocycles. The molecule has 1 aliphatic heterocycles. The number of hydrogen-bond acceptors (Lipinski definition) is 4. The van der Waals surface area contributed by atoms with Crippen molar-refractivity contribution >= 4 is 27.0 Å². The summed E-state index contributed by atoms with van der Waals surface area (Å²) in [4.78, 5) is 19.0. The van der Waals surface area contributed by atoms with Crippen molar-refractivity contribution in [3.05, 3.63) is 65.5 Å². The number of amides is 1. The number of rotatable bonds is 5.